The summed E-state index contributed by atoms with van der Waals surface area (Å²) >= 11 is 0. The highest BCUT2D eigenvalue weighted by Gasteiger charge is 2.18. The van der Waals surface area contributed by atoms with E-state index in [0.717, 1.165) is 38.3 Å². The summed E-state index contributed by atoms with van der Waals surface area (Å²) in [5, 5.41) is 8.98. The van der Waals surface area contributed by atoms with Crippen LogP contribution in [0.1, 0.15) is 22.4 Å². The number of nitrogens with zero attached hydrogens (tertiary/aromatic N) is 2. The molecule has 2 heterocycles. The van der Waals surface area contributed by atoms with Gasteiger partial charge in [-0.2, -0.15) is 0 Å². The fourth-order valence-electron chi connectivity index (χ4n) is 3.27. The Hall–Kier alpha value is -2.44. The van der Waals surface area contributed by atoms with Crippen molar-refractivity contribution in [3.05, 3.63) is 58.9 Å². The number of likely N-dealkylation sites (N-methyl/N-ethyl adjacent to an activating group) is 1. The van der Waals surface area contributed by atoms with E-state index >= 15 is 0 Å². The second kappa shape index (κ2) is 8.78. The Bertz CT molecular complexity index is 744. The van der Waals surface area contributed by atoms with E-state index in [-0.39, 0.29) is 6.03 Å². The number of benzene rings is 1. The topological polar surface area (TPSA) is 69.3 Å². The highest BCUT2D eigenvalue weighted by molar-refractivity contribution is 5.88. The van der Waals surface area contributed by atoms with Crippen LogP contribution in [0.3, 0.4) is 0 Å². The van der Waals surface area contributed by atoms with Crippen molar-refractivity contribution < 1.29 is 4.79 Å². The molecular formula is C20H27N5O. The molecule has 1 aliphatic rings. The first-order valence-electron chi connectivity index (χ1n) is 9.10. The summed E-state index contributed by atoms with van der Waals surface area (Å²) in [4.78, 5) is 18.8. The monoisotopic (exact) mass is 353 g/mol. The summed E-state index contributed by atoms with van der Waals surface area (Å²) in [6, 6.07) is 9.91. The van der Waals surface area contributed by atoms with Gasteiger partial charge in [-0.3, -0.25) is 9.88 Å². The molecule has 6 nitrogen and oxygen atoms in total. The van der Waals surface area contributed by atoms with E-state index in [1.807, 2.05) is 26.1 Å². The zero-order valence-corrected chi connectivity index (χ0v) is 15.5. The molecule has 2 amide bonds. The van der Waals surface area contributed by atoms with Gasteiger partial charge in [0, 0.05) is 38.4 Å². The highest BCUT2D eigenvalue weighted by atomic mass is 16.2. The van der Waals surface area contributed by atoms with Crippen LogP contribution in [0.2, 0.25) is 0 Å². The van der Waals surface area contributed by atoms with Gasteiger partial charge in [-0.1, -0.05) is 18.2 Å². The van der Waals surface area contributed by atoms with Gasteiger partial charge >= 0.3 is 6.03 Å². The smallest absolute Gasteiger partial charge is 0.319 e. The van der Waals surface area contributed by atoms with E-state index in [4.69, 9.17) is 0 Å². The third-order valence-corrected chi connectivity index (χ3v) is 4.73. The number of fused-ring (bicyclic) bond motifs is 1. The fourth-order valence-corrected chi connectivity index (χ4v) is 3.27. The molecule has 0 saturated heterocycles. The van der Waals surface area contributed by atoms with Crippen LogP contribution in [0.15, 0.2) is 36.5 Å². The molecule has 6 heteroatoms. The lowest BCUT2D eigenvalue weighted by Gasteiger charge is -2.30. The number of anilines is 1. The fraction of sp³-hybridized carbons (Fsp3) is 0.400. The van der Waals surface area contributed by atoms with Gasteiger partial charge in [0.1, 0.15) is 0 Å². The Labute approximate surface area is 155 Å². The van der Waals surface area contributed by atoms with Crippen molar-refractivity contribution in [1.29, 1.82) is 0 Å². The van der Waals surface area contributed by atoms with Crippen molar-refractivity contribution in [2.45, 2.75) is 26.4 Å². The number of amides is 2. The van der Waals surface area contributed by atoms with Crippen molar-refractivity contribution >= 4 is 11.7 Å². The Morgan fingerprint density at radius 1 is 1.27 bits per heavy atom. The van der Waals surface area contributed by atoms with Gasteiger partial charge in [0.2, 0.25) is 0 Å². The molecule has 26 heavy (non-hydrogen) atoms. The average Bonchev–Trinajstić information content (AvgIpc) is 2.66. The standard InChI is InChI=1S/C20H27N5O/c1-15-6-7-18(13-22-15)24-20(26)23-12-16-4-3-5-17-14-25(11-9-21-2)10-8-19(16)17/h3-7,13,21H,8-12,14H2,1-2H3,(H2,23,24,26). The predicted octanol–water partition coefficient (Wildman–Crippen LogP) is 2.29. The molecule has 0 spiro atoms. The summed E-state index contributed by atoms with van der Waals surface area (Å²) in [5.41, 5.74) is 5.58. The lowest BCUT2D eigenvalue weighted by Crippen LogP contribution is -2.36. The number of aryl methyl sites for hydroxylation is 1. The zero-order valence-electron chi connectivity index (χ0n) is 15.5. The minimum atomic E-state index is -0.209. The minimum absolute atomic E-state index is 0.209. The molecule has 0 saturated carbocycles. The summed E-state index contributed by atoms with van der Waals surface area (Å²) < 4.78 is 0. The van der Waals surface area contributed by atoms with Crippen LogP contribution in [0.4, 0.5) is 10.5 Å². The quantitative estimate of drug-likeness (QED) is 0.745. The maximum atomic E-state index is 12.1. The summed E-state index contributed by atoms with van der Waals surface area (Å²) in [7, 11) is 1.99. The number of aromatic nitrogens is 1. The molecule has 1 aliphatic heterocycles. The van der Waals surface area contributed by atoms with Crippen molar-refractivity contribution in [3.63, 3.8) is 0 Å². The van der Waals surface area contributed by atoms with E-state index in [2.05, 4.69) is 44.0 Å². The first-order valence-corrected chi connectivity index (χ1v) is 9.10. The van der Waals surface area contributed by atoms with Crippen molar-refractivity contribution in [2.75, 3.05) is 32.0 Å². The SMILES string of the molecule is CNCCN1CCc2c(CNC(=O)Nc3ccc(C)nc3)cccc2C1. The van der Waals surface area contributed by atoms with Crippen molar-refractivity contribution in [3.8, 4) is 0 Å². The van der Waals surface area contributed by atoms with Crippen LogP contribution < -0.4 is 16.0 Å². The van der Waals surface area contributed by atoms with E-state index in [9.17, 15) is 4.79 Å². The van der Waals surface area contributed by atoms with Crippen LogP contribution in [0.5, 0.6) is 0 Å². The lowest BCUT2D eigenvalue weighted by molar-refractivity contribution is 0.250. The molecule has 3 N–H and O–H groups in total. The molecule has 1 aromatic heterocycles. The molecule has 1 aromatic carbocycles. The number of rotatable bonds is 6. The number of hydrogen-bond donors (Lipinski definition) is 3. The van der Waals surface area contributed by atoms with Gasteiger partial charge in [-0.15, -0.1) is 0 Å². The number of urea groups is 1. The molecule has 0 aliphatic carbocycles. The molecule has 0 atom stereocenters. The number of hydrogen-bond acceptors (Lipinski definition) is 4. The molecule has 0 bridgehead atoms. The van der Waals surface area contributed by atoms with Crippen LogP contribution in [-0.2, 0) is 19.5 Å². The Balaban J connectivity index is 1.57. The molecule has 0 radical (unpaired) electrons. The zero-order chi connectivity index (χ0) is 18.4. The largest absolute Gasteiger partial charge is 0.334 e. The van der Waals surface area contributed by atoms with Gasteiger partial charge < -0.3 is 16.0 Å². The number of carbonyl (C=O) groups excluding carboxylic acids is 1. The Morgan fingerprint density at radius 3 is 2.92 bits per heavy atom. The van der Waals surface area contributed by atoms with E-state index in [1.54, 1.807) is 6.20 Å². The molecular weight excluding hydrogens is 326 g/mol. The minimum Gasteiger partial charge on any atom is -0.334 e. The number of pyridine rings is 1. The number of carbonyl (C=O) groups is 1. The second-order valence-corrected chi connectivity index (χ2v) is 6.68. The van der Waals surface area contributed by atoms with Crippen molar-refractivity contribution in [2.24, 2.45) is 0 Å². The first kappa shape index (κ1) is 18.4. The van der Waals surface area contributed by atoms with Gasteiger partial charge in [0.15, 0.2) is 0 Å². The summed E-state index contributed by atoms with van der Waals surface area (Å²) in [6.07, 6.45) is 2.69. The maximum Gasteiger partial charge on any atom is 0.319 e. The van der Waals surface area contributed by atoms with Crippen molar-refractivity contribution in [1.82, 2.24) is 20.5 Å². The molecule has 138 valence electrons. The third kappa shape index (κ3) is 4.80. The third-order valence-electron chi connectivity index (χ3n) is 4.73. The second-order valence-electron chi connectivity index (χ2n) is 6.68. The summed E-state index contributed by atoms with van der Waals surface area (Å²) in [5.74, 6) is 0. The number of nitrogens with one attached hydrogen (secondary N) is 3. The van der Waals surface area contributed by atoms with Crippen LogP contribution in [0, 0.1) is 6.92 Å². The van der Waals surface area contributed by atoms with E-state index in [1.165, 1.54) is 16.7 Å². The van der Waals surface area contributed by atoms with Gasteiger partial charge in [0.25, 0.3) is 0 Å². The first-order chi connectivity index (χ1) is 12.7. The van der Waals surface area contributed by atoms with Gasteiger partial charge in [-0.05, 0) is 49.2 Å². The predicted molar refractivity (Wildman–Crippen MR) is 104 cm³/mol. The molecule has 3 rings (SSSR count). The lowest BCUT2D eigenvalue weighted by atomic mass is 9.94. The molecule has 2 aromatic rings. The van der Waals surface area contributed by atoms with E-state index < -0.39 is 0 Å². The Morgan fingerprint density at radius 2 is 2.15 bits per heavy atom. The highest BCUT2D eigenvalue weighted by Crippen LogP contribution is 2.22. The average molecular weight is 353 g/mol. The van der Waals surface area contributed by atoms with Crippen LogP contribution in [0.25, 0.3) is 0 Å². The summed E-state index contributed by atoms with van der Waals surface area (Å²) in [6.45, 7) is 6.56. The van der Waals surface area contributed by atoms with Crippen LogP contribution in [-0.4, -0.2) is 42.6 Å². The molecule has 0 unspecified atom stereocenters. The molecule has 0 fully saturated rings. The normalized spacial score (nSPS) is 13.9. The van der Waals surface area contributed by atoms with Gasteiger partial charge in [0.05, 0.1) is 11.9 Å². The van der Waals surface area contributed by atoms with E-state index in [0.29, 0.717) is 12.2 Å². The van der Waals surface area contributed by atoms with Gasteiger partial charge in [-0.25, -0.2) is 4.79 Å². The Kier molecular flexibility index (Phi) is 6.20. The maximum absolute atomic E-state index is 12.1. The van der Waals surface area contributed by atoms with Crippen LogP contribution >= 0.6 is 0 Å².